The van der Waals surface area contributed by atoms with Crippen molar-refractivity contribution >= 4 is 27.4 Å². The maximum atomic E-state index is 13.5. The van der Waals surface area contributed by atoms with Gasteiger partial charge in [0.2, 0.25) is 0 Å². The molecule has 1 N–H and O–H groups in total. The lowest BCUT2D eigenvalue weighted by atomic mass is 9.89. The molecule has 2 nitrogen and oxygen atoms in total. The van der Waals surface area contributed by atoms with Gasteiger partial charge in [-0.25, -0.2) is 4.39 Å². The summed E-state index contributed by atoms with van der Waals surface area (Å²) in [5.74, 6) is -1.09. The fraction of sp³-hybridized carbons (Fsp3) is 0.308. The molecule has 1 heterocycles. The van der Waals surface area contributed by atoms with E-state index in [1.165, 1.54) is 17.4 Å². The van der Waals surface area contributed by atoms with Crippen molar-refractivity contribution in [3.05, 3.63) is 35.0 Å². The molecule has 1 aromatic carbocycles. The van der Waals surface area contributed by atoms with Crippen LogP contribution >= 0.6 is 11.3 Å². The summed E-state index contributed by atoms with van der Waals surface area (Å²) in [5, 5.41) is 9.64. The third kappa shape index (κ3) is 2.31. The van der Waals surface area contributed by atoms with Gasteiger partial charge in [-0.1, -0.05) is 6.07 Å². The third-order valence-corrected chi connectivity index (χ3v) is 3.85. The van der Waals surface area contributed by atoms with Gasteiger partial charge in [-0.15, -0.1) is 11.3 Å². The zero-order valence-corrected chi connectivity index (χ0v) is 10.5. The number of fused-ring (bicyclic) bond motifs is 1. The molecule has 0 bridgehead atoms. The molecule has 0 fully saturated rings. The molecule has 0 radical (unpaired) electrons. The molecule has 0 aliphatic rings. The molecule has 90 valence electrons. The number of carboxylic acid groups (broad SMARTS) is 1. The SMILES string of the molecule is CC(C)(Cc1cc2c(F)cccc2s1)C(=O)O. The number of hydrogen-bond acceptors (Lipinski definition) is 2. The Morgan fingerprint density at radius 2 is 2.18 bits per heavy atom. The molecule has 4 heteroatoms. The quantitative estimate of drug-likeness (QED) is 0.904. The lowest BCUT2D eigenvalue weighted by molar-refractivity contribution is -0.146. The van der Waals surface area contributed by atoms with Gasteiger partial charge in [0.1, 0.15) is 5.82 Å². The Morgan fingerprint density at radius 1 is 1.47 bits per heavy atom. The Hall–Kier alpha value is -1.42. The zero-order chi connectivity index (χ0) is 12.6. The van der Waals surface area contributed by atoms with E-state index in [1.54, 1.807) is 26.0 Å². The van der Waals surface area contributed by atoms with Gasteiger partial charge in [0.05, 0.1) is 5.41 Å². The first-order chi connectivity index (χ1) is 7.90. The van der Waals surface area contributed by atoms with Crippen LogP contribution in [0.3, 0.4) is 0 Å². The lowest BCUT2D eigenvalue weighted by Gasteiger charge is -2.17. The summed E-state index contributed by atoms with van der Waals surface area (Å²) in [4.78, 5) is 11.9. The molecule has 0 unspecified atom stereocenters. The van der Waals surface area contributed by atoms with Gasteiger partial charge in [0, 0.05) is 15.0 Å². The molecule has 0 atom stereocenters. The van der Waals surface area contributed by atoms with Crippen LogP contribution in [0.4, 0.5) is 4.39 Å². The van der Waals surface area contributed by atoms with Crippen molar-refractivity contribution in [3.63, 3.8) is 0 Å². The second kappa shape index (κ2) is 4.11. The lowest BCUT2D eigenvalue weighted by Crippen LogP contribution is -2.25. The van der Waals surface area contributed by atoms with Crippen LogP contribution in [-0.4, -0.2) is 11.1 Å². The van der Waals surface area contributed by atoms with Crippen LogP contribution in [0.15, 0.2) is 24.3 Å². The van der Waals surface area contributed by atoms with Crippen molar-refractivity contribution in [1.82, 2.24) is 0 Å². The molecule has 1 aromatic heterocycles. The Morgan fingerprint density at radius 3 is 2.76 bits per heavy atom. The number of aliphatic carboxylic acids is 1. The molecular formula is C13H13FO2S. The van der Waals surface area contributed by atoms with Crippen LogP contribution in [0.1, 0.15) is 18.7 Å². The van der Waals surface area contributed by atoms with Crippen molar-refractivity contribution in [2.75, 3.05) is 0 Å². The average molecular weight is 252 g/mol. The van der Waals surface area contributed by atoms with E-state index in [4.69, 9.17) is 5.11 Å². The van der Waals surface area contributed by atoms with E-state index in [9.17, 15) is 9.18 Å². The summed E-state index contributed by atoms with van der Waals surface area (Å²) >= 11 is 1.45. The van der Waals surface area contributed by atoms with Crippen LogP contribution in [0.5, 0.6) is 0 Å². The number of benzene rings is 1. The molecule has 2 aromatic rings. The minimum Gasteiger partial charge on any atom is -0.481 e. The predicted octanol–water partition coefficient (Wildman–Crippen LogP) is 3.69. The van der Waals surface area contributed by atoms with Crippen molar-refractivity contribution in [2.45, 2.75) is 20.3 Å². The molecular weight excluding hydrogens is 239 g/mol. The van der Waals surface area contributed by atoms with Crippen LogP contribution in [0, 0.1) is 11.2 Å². The highest BCUT2D eigenvalue weighted by atomic mass is 32.1. The fourth-order valence-electron chi connectivity index (χ4n) is 1.68. The normalized spacial score (nSPS) is 11.9. The van der Waals surface area contributed by atoms with Gasteiger partial charge in [0.15, 0.2) is 0 Å². The van der Waals surface area contributed by atoms with E-state index in [2.05, 4.69) is 0 Å². The number of carboxylic acids is 1. The number of thiophene rings is 1. The van der Waals surface area contributed by atoms with E-state index in [-0.39, 0.29) is 5.82 Å². The minimum absolute atomic E-state index is 0.252. The predicted molar refractivity (Wildman–Crippen MR) is 66.9 cm³/mol. The average Bonchev–Trinajstić information content (AvgIpc) is 2.60. The van der Waals surface area contributed by atoms with E-state index in [0.717, 1.165) is 9.58 Å². The van der Waals surface area contributed by atoms with Crippen molar-refractivity contribution in [3.8, 4) is 0 Å². The number of hydrogen-bond donors (Lipinski definition) is 1. The molecule has 17 heavy (non-hydrogen) atoms. The first kappa shape index (κ1) is 12.0. The molecule has 2 rings (SSSR count). The van der Waals surface area contributed by atoms with E-state index < -0.39 is 11.4 Å². The standard InChI is InChI=1S/C13H13FO2S/c1-13(2,12(15)16)7-8-6-9-10(14)4-3-5-11(9)17-8/h3-6H,7H2,1-2H3,(H,15,16). The summed E-state index contributed by atoms with van der Waals surface area (Å²) < 4.78 is 14.3. The summed E-state index contributed by atoms with van der Waals surface area (Å²) in [6, 6.07) is 6.68. The summed E-state index contributed by atoms with van der Waals surface area (Å²) in [5.41, 5.74) is -0.822. The van der Waals surface area contributed by atoms with Crippen molar-refractivity contribution in [1.29, 1.82) is 0 Å². The molecule has 0 amide bonds. The second-order valence-corrected chi connectivity index (χ2v) is 5.90. The second-order valence-electron chi connectivity index (χ2n) is 4.73. The molecule has 0 spiro atoms. The van der Waals surface area contributed by atoms with Crippen LogP contribution in [0.2, 0.25) is 0 Å². The van der Waals surface area contributed by atoms with Gasteiger partial charge in [-0.05, 0) is 38.5 Å². The first-order valence-corrected chi connectivity index (χ1v) is 6.12. The van der Waals surface area contributed by atoms with E-state index in [0.29, 0.717) is 11.8 Å². The van der Waals surface area contributed by atoms with Gasteiger partial charge in [-0.2, -0.15) is 0 Å². The smallest absolute Gasteiger partial charge is 0.309 e. The number of halogens is 1. The monoisotopic (exact) mass is 252 g/mol. The molecule has 0 saturated carbocycles. The van der Waals surface area contributed by atoms with Gasteiger partial charge in [-0.3, -0.25) is 4.79 Å². The first-order valence-electron chi connectivity index (χ1n) is 5.30. The topological polar surface area (TPSA) is 37.3 Å². The number of carbonyl (C=O) groups is 1. The largest absolute Gasteiger partial charge is 0.481 e. The maximum absolute atomic E-state index is 13.5. The summed E-state index contributed by atoms with van der Waals surface area (Å²) in [6.07, 6.45) is 0.418. The van der Waals surface area contributed by atoms with Crippen LogP contribution < -0.4 is 0 Å². The Balaban J connectivity index is 2.38. The summed E-state index contributed by atoms with van der Waals surface area (Å²) in [7, 11) is 0. The number of rotatable bonds is 3. The minimum atomic E-state index is -0.838. The Kier molecular flexibility index (Phi) is 2.91. The zero-order valence-electron chi connectivity index (χ0n) is 9.66. The van der Waals surface area contributed by atoms with Crippen molar-refractivity contribution in [2.24, 2.45) is 5.41 Å². The summed E-state index contributed by atoms with van der Waals surface area (Å²) in [6.45, 7) is 3.35. The highest BCUT2D eigenvalue weighted by Crippen LogP contribution is 2.32. The van der Waals surface area contributed by atoms with E-state index in [1.807, 2.05) is 6.07 Å². The Labute approximate surface area is 103 Å². The van der Waals surface area contributed by atoms with Gasteiger partial charge < -0.3 is 5.11 Å². The van der Waals surface area contributed by atoms with E-state index >= 15 is 0 Å². The fourth-order valence-corrected chi connectivity index (χ4v) is 2.98. The Bertz CT molecular complexity index is 572. The molecule has 0 saturated heterocycles. The van der Waals surface area contributed by atoms with Gasteiger partial charge in [0.25, 0.3) is 0 Å². The highest BCUT2D eigenvalue weighted by molar-refractivity contribution is 7.19. The molecule has 0 aliphatic heterocycles. The maximum Gasteiger partial charge on any atom is 0.309 e. The van der Waals surface area contributed by atoms with Crippen molar-refractivity contribution < 1.29 is 14.3 Å². The highest BCUT2D eigenvalue weighted by Gasteiger charge is 2.28. The molecule has 0 aliphatic carbocycles. The van der Waals surface area contributed by atoms with Gasteiger partial charge >= 0.3 is 5.97 Å². The van der Waals surface area contributed by atoms with Crippen LogP contribution in [-0.2, 0) is 11.2 Å². The van der Waals surface area contributed by atoms with Crippen LogP contribution in [0.25, 0.3) is 10.1 Å². The third-order valence-electron chi connectivity index (χ3n) is 2.75.